The first-order chi connectivity index (χ1) is 8.00. The third-order valence-corrected chi connectivity index (χ3v) is 0. The molecular formula is O16Pr4Si4Zr. The van der Waals surface area contributed by atoms with Gasteiger partial charge in [-0.25, -0.2) is 0 Å². The summed E-state index contributed by atoms with van der Waals surface area (Å²) >= 11 is 0. The van der Waals surface area contributed by atoms with Crippen LogP contribution in [0.3, 0.4) is 0 Å². The molecule has 0 atom stereocenters. The van der Waals surface area contributed by atoms with Crippen molar-refractivity contribution in [3.05, 3.63) is 0 Å². The molecule has 0 N–H and O–H groups in total. The van der Waals surface area contributed by atoms with Gasteiger partial charge in [0.2, 0.25) is 0 Å². The maximum atomic E-state index is 8.58. The van der Waals surface area contributed by atoms with Gasteiger partial charge in [0.1, 0.15) is 0 Å². The molecule has 0 saturated heterocycles. The summed E-state index contributed by atoms with van der Waals surface area (Å²) in [7, 11) is -22.4. The van der Waals surface area contributed by atoms with Crippen LogP contribution in [0, 0.1) is 165 Å². The minimum absolute atomic E-state index is 0. The van der Waals surface area contributed by atoms with Crippen LogP contribution in [0.15, 0.2) is 0 Å². The molecule has 16 nitrogen and oxygen atoms in total. The van der Waals surface area contributed by atoms with Crippen molar-refractivity contribution in [3.8, 4) is 0 Å². The fourth-order valence-corrected chi connectivity index (χ4v) is 0. The Kier molecular flexibility index (Phi) is 66.2. The van der Waals surface area contributed by atoms with E-state index < -0.39 is 36.2 Å². The summed E-state index contributed by atoms with van der Waals surface area (Å²) in [6.07, 6.45) is 0. The van der Waals surface area contributed by atoms with E-state index >= 15 is 0 Å². The third kappa shape index (κ3) is 579. The molecule has 0 unspecified atom stereocenters. The van der Waals surface area contributed by atoms with Gasteiger partial charge < -0.3 is 113 Å². The minimum atomic E-state index is -5.61. The van der Waals surface area contributed by atoms with E-state index in [0.29, 0.717) is 0 Å². The predicted molar refractivity (Wildman–Crippen MR) is 23.0 cm³/mol. The summed E-state index contributed by atoms with van der Waals surface area (Å²) in [6.45, 7) is 0. The van der Waals surface area contributed by atoms with Crippen LogP contribution in [0.5, 0.6) is 0 Å². The van der Waals surface area contributed by atoms with Crippen molar-refractivity contribution >= 4 is 36.2 Å². The molecule has 128 valence electrons. The van der Waals surface area contributed by atoms with E-state index in [1.807, 2.05) is 0 Å². The zero-order valence-electron chi connectivity index (χ0n) is 11.3. The van der Waals surface area contributed by atoms with E-state index in [2.05, 4.69) is 0 Å². The van der Waals surface area contributed by atoms with Gasteiger partial charge >= 0.3 is 191 Å². The van der Waals surface area contributed by atoms with Gasteiger partial charge in [-0.1, -0.05) is 0 Å². The SMILES string of the molecule is [O-][Si]([O-])([O-])[O-].[O-][Si]([O-])([O-])[O-].[O-][Si]([O-])([O-])[O-].[O-][Si]([O-])([O-])[O-].[Pr+3].[Pr+3].[Pr+3].[Pr+3].[Zr+4]. The normalized spacial score (nSPS) is 9.60. The summed E-state index contributed by atoms with van der Waals surface area (Å²) in [5, 5.41) is 0. The average molecular weight is 1020 g/mol. The molecule has 0 aliphatic heterocycles. The van der Waals surface area contributed by atoms with Crippen LogP contribution in [0.2, 0.25) is 0 Å². The molecule has 25 heteroatoms. The summed E-state index contributed by atoms with van der Waals surface area (Å²) in [5.41, 5.74) is 0. The molecule has 0 aromatic rings. The monoisotopic (exact) mass is 1020 g/mol. The van der Waals surface area contributed by atoms with E-state index in [-0.39, 0.29) is 191 Å². The largest absolute Gasteiger partial charge is 4.00 e. The fourth-order valence-electron chi connectivity index (χ4n) is 0. The summed E-state index contributed by atoms with van der Waals surface area (Å²) < 4.78 is 0. The van der Waals surface area contributed by atoms with Crippen LogP contribution >= 0.6 is 0 Å². The van der Waals surface area contributed by atoms with Gasteiger partial charge in [-0.05, 0) is 0 Å². The Morgan fingerprint density at radius 3 is 0.240 bits per heavy atom. The molecule has 0 aliphatic rings. The maximum absolute atomic E-state index is 8.58. The molecule has 0 saturated carbocycles. The van der Waals surface area contributed by atoms with Gasteiger partial charge in [0.25, 0.3) is 0 Å². The van der Waals surface area contributed by atoms with E-state index in [1.54, 1.807) is 0 Å². The summed E-state index contributed by atoms with van der Waals surface area (Å²) in [4.78, 5) is 137. The third-order valence-electron chi connectivity index (χ3n) is 0. The van der Waals surface area contributed by atoms with Crippen molar-refractivity contribution in [3.63, 3.8) is 0 Å². The maximum Gasteiger partial charge on any atom is 4.00 e. The first kappa shape index (κ1) is 57.9. The molecule has 0 rings (SSSR count). The van der Waals surface area contributed by atoms with Crippen LogP contribution in [-0.2, 0) is 26.2 Å². The van der Waals surface area contributed by atoms with Gasteiger partial charge in [0, 0.05) is 0 Å². The Labute approximate surface area is 297 Å². The van der Waals surface area contributed by atoms with Gasteiger partial charge in [-0.15, -0.1) is 0 Å². The zero-order chi connectivity index (χ0) is 18.0. The molecule has 25 heavy (non-hydrogen) atoms. The molecule has 0 spiro atoms. The van der Waals surface area contributed by atoms with Crippen LogP contribution in [0.1, 0.15) is 0 Å². The number of rotatable bonds is 0. The second-order valence-electron chi connectivity index (χ2n) is 2.00. The quantitative estimate of drug-likeness (QED) is 0.203. The molecule has 0 heterocycles. The van der Waals surface area contributed by atoms with E-state index in [0.717, 1.165) is 0 Å². The Balaban J connectivity index is -0.0000000183. The smallest absolute Gasteiger partial charge is 0.894 e. The summed E-state index contributed by atoms with van der Waals surface area (Å²) in [5.74, 6) is 0. The van der Waals surface area contributed by atoms with Crippen LogP contribution in [0.25, 0.3) is 0 Å². The van der Waals surface area contributed by atoms with Gasteiger partial charge in [-0.2, -0.15) is 0 Å². The summed E-state index contributed by atoms with van der Waals surface area (Å²) in [6, 6.07) is 0. The molecular weight excluding hydrogens is 1020 g/mol. The molecule has 0 aromatic carbocycles. The average Bonchev–Trinajstić information content (AvgIpc) is 1.62. The zero-order valence-corrected chi connectivity index (χ0v) is 32.6. The van der Waals surface area contributed by atoms with Crippen molar-refractivity contribution < 1.29 is 268 Å². The molecule has 0 aromatic heterocycles. The molecule has 0 amide bonds. The second kappa shape index (κ2) is 28.6. The Morgan fingerprint density at radius 2 is 0.240 bits per heavy atom. The van der Waals surface area contributed by atoms with Crippen LogP contribution < -0.4 is 76.7 Å². The van der Waals surface area contributed by atoms with Gasteiger partial charge in [0.15, 0.2) is 0 Å². The second-order valence-corrected chi connectivity index (χ2v) is 6.00. The van der Waals surface area contributed by atoms with Crippen LogP contribution in [-0.4, -0.2) is 36.2 Å². The van der Waals surface area contributed by atoms with Crippen molar-refractivity contribution in [1.82, 2.24) is 0 Å². The fraction of sp³-hybridized carbons (Fsp3) is 0. The number of hydrogen-bond donors (Lipinski definition) is 0. The van der Waals surface area contributed by atoms with Gasteiger partial charge in [-0.3, -0.25) is 0 Å². The first-order valence-corrected chi connectivity index (χ1v) is 9.80. The van der Waals surface area contributed by atoms with Gasteiger partial charge in [0.05, 0.1) is 0 Å². The Morgan fingerprint density at radius 1 is 0.240 bits per heavy atom. The van der Waals surface area contributed by atoms with Crippen LogP contribution in [0.4, 0.5) is 0 Å². The minimum Gasteiger partial charge on any atom is -0.894 e. The predicted octanol–water partition coefficient (Wildman–Crippen LogP) is -20.5. The van der Waals surface area contributed by atoms with E-state index in [1.165, 1.54) is 0 Å². The molecule has 0 aliphatic carbocycles. The van der Waals surface area contributed by atoms with Crippen molar-refractivity contribution in [1.29, 1.82) is 0 Å². The van der Waals surface area contributed by atoms with Crippen molar-refractivity contribution in [2.45, 2.75) is 0 Å². The molecule has 0 bridgehead atoms. The van der Waals surface area contributed by atoms with E-state index in [4.69, 9.17) is 76.7 Å². The van der Waals surface area contributed by atoms with Crippen molar-refractivity contribution in [2.24, 2.45) is 0 Å². The van der Waals surface area contributed by atoms with Crippen molar-refractivity contribution in [2.75, 3.05) is 0 Å². The Bertz CT molecular complexity index is 146. The molecule has 0 fully saturated rings. The first-order valence-electron chi connectivity index (χ1n) is 3.27. The number of hydrogen-bond acceptors (Lipinski definition) is 16. The Hall–Kier alpha value is 6.57. The standard InChI is InChI=1S/4O4Si.4Pr.Zr/c4*1-5(2,3)4;;;;;/q4*-4;4*+3;+4. The van der Waals surface area contributed by atoms with E-state index in [9.17, 15) is 0 Å². The topological polar surface area (TPSA) is 369 Å². The molecule has 0 radical (unpaired) electrons.